The molecule has 160 valence electrons. The molecule has 0 spiro atoms. The molecule has 2 aromatic carbocycles. The lowest BCUT2D eigenvalue weighted by molar-refractivity contribution is -0.0512. The maximum Gasteiger partial charge on any atom is 0.387 e. The van der Waals surface area contributed by atoms with E-state index in [0.29, 0.717) is 25.7 Å². The van der Waals surface area contributed by atoms with E-state index < -0.39 is 12.5 Å². The summed E-state index contributed by atoms with van der Waals surface area (Å²) >= 11 is 0. The summed E-state index contributed by atoms with van der Waals surface area (Å²) in [6, 6.07) is 11.6. The van der Waals surface area contributed by atoms with E-state index in [1.165, 1.54) is 25.3 Å². The van der Waals surface area contributed by atoms with Crippen molar-refractivity contribution in [1.29, 1.82) is 0 Å². The van der Waals surface area contributed by atoms with Gasteiger partial charge in [0.15, 0.2) is 11.5 Å². The molecule has 0 aliphatic carbocycles. The largest absolute Gasteiger partial charge is 0.493 e. The molecule has 0 saturated carbocycles. The van der Waals surface area contributed by atoms with Gasteiger partial charge in [-0.05, 0) is 43.7 Å². The van der Waals surface area contributed by atoms with Crippen molar-refractivity contribution in [3.63, 3.8) is 0 Å². The fraction of sp³-hybridized carbons (Fsp3) is 0.333. The van der Waals surface area contributed by atoms with Crippen LogP contribution in [0.3, 0.4) is 0 Å². The number of hydrogen-bond donors (Lipinski definition) is 1. The summed E-state index contributed by atoms with van der Waals surface area (Å²) in [5, 5.41) is 2.76. The van der Waals surface area contributed by atoms with Crippen molar-refractivity contribution in [3.8, 4) is 11.5 Å². The van der Waals surface area contributed by atoms with Crippen LogP contribution in [0.4, 0.5) is 14.7 Å². The Labute approximate surface area is 172 Å². The summed E-state index contributed by atoms with van der Waals surface area (Å²) in [7, 11) is 1.33. The standard InChI is InChI=1S/C21H23F2N3O4/c1-3-29-12-6-11-26-16-8-5-4-7-15(16)24-21(26)25-19(27)14-9-10-17(28-2)18(13-14)30-20(22)23/h4-5,7-10,13,20H,3,6,11-12H2,1-2H3,(H,24,25,27). The molecule has 0 bridgehead atoms. The smallest absolute Gasteiger partial charge is 0.387 e. The molecule has 3 rings (SSSR count). The first-order valence-electron chi connectivity index (χ1n) is 9.50. The molecule has 0 aliphatic heterocycles. The summed E-state index contributed by atoms with van der Waals surface area (Å²) in [6.07, 6.45) is 0.742. The lowest BCUT2D eigenvalue weighted by atomic mass is 10.2. The number of nitrogens with zero attached hydrogens (tertiary/aromatic N) is 2. The van der Waals surface area contributed by atoms with Crippen LogP contribution in [0.2, 0.25) is 0 Å². The number of halogens is 2. The molecule has 0 fully saturated rings. The average Bonchev–Trinajstić information content (AvgIpc) is 3.07. The molecule has 0 saturated heterocycles. The van der Waals surface area contributed by atoms with Crippen LogP contribution in [-0.2, 0) is 11.3 Å². The quantitative estimate of drug-likeness (QED) is 0.495. The Hall–Kier alpha value is -3.20. The van der Waals surface area contributed by atoms with E-state index in [2.05, 4.69) is 15.0 Å². The van der Waals surface area contributed by atoms with Crippen LogP contribution in [0.5, 0.6) is 11.5 Å². The van der Waals surface area contributed by atoms with E-state index in [-0.39, 0.29) is 17.1 Å². The summed E-state index contributed by atoms with van der Waals surface area (Å²) in [6.45, 7) is 0.710. The number of carbonyl (C=O) groups is 1. The first-order valence-corrected chi connectivity index (χ1v) is 9.50. The number of nitrogens with one attached hydrogen (secondary N) is 1. The number of carbonyl (C=O) groups excluding carboxylic acids is 1. The molecule has 9 heteroatoms. The van der Waals surface area contributed by atoms with Crippen LogP contribution in [0, 0.1) is 0 Å². The minimum Gasteiger partial charge on any atom is -0.493 e. The highest BCUT2D eigenvalue weighted by molar-refractivity contribution is 6.04. The zero-order chi connectivity index (χ0) is 21.5. The predicted octanol–water partition coefficient (Wildman–Crippen LogP) is 4.33. The normalized spacial score (nSPS) is 11.1. The molecule has 7 nitrogen and oxygen atoms in total. The van der Waals surface area contributed by atoms with Gasteiger partial charge in [-0.15, -0.1) is 0 Å². The third-order valence-corrected chi connectivity index (χ3v) is 4.40. The molecule has 0 aliphatic rings. The zero-order valence-electron chi connectivity index (χ0n) is 16.7. The van der Waals surface area contributed by atoms with E-state index in [0.717, 1.165) is 17.5 Å². The number of amides is 1. The summed E-state index contributed by atoms with van der Waals surface area (Å²) in [5.41, 5.74) is 1.75. The molecule has 1 heterocycles. The number of para-hydroxylation sites is 2. The van der Waals surface area contributed by atoms with Crippen molar-refractivity contribution in [3.05, 3.63) is 48.0 Å². The Morgan fingerprint density at radius 2 is 2.00 bits per heavy atom. The van der Waals surface area contributed by atoms with Gasteiger partial charge < -0.3 is 18.8 Å². The molecule has 0 unspecified atom stereocenters. The Bertz CT molecular complexity index is 1010. The van der Waals surface area contributed by atoms with E-state index in [9.17, 15) is 13.6 Å². The van der Waals surface area contributed by atoms with Crippen LogP contribution in [0.1, 0.15) is 23.7 Å². The van der Waals surface area contributed by atoms with Gasteiger partial charge in [0.2, 0.25) is 5.95 Å². The molecule has 1 amide bonds. The van der Waals surface area contributed by atoms with Crippen molar-refractivity contribution in [2.24, 2.45) is 0 Å². The number of fused-ring (bicyclic) bond motifs is 1. The van der Waals surface area contributed by atoms with Gasteiger partial charge in [-0.25, -0.2) is 4.98 Å². The molecule has 0 atom stereocenters. The number of methoxy groups -OCH3 is 1. The minimum absolute atomic E-state index is 0.106. The van der Waals surface area contributed by atoms with Gasteiger partial charge in [-0.3, -0.25) is 10.1 Å². The predicted molar refractivity (Wildman–Crippen MR) is 108 cm³/mol. The third kappa shape index (κ3) is 5.04. The highest BCUT2D eigenvalue weighted by atomic mass is 19.3. The summed E-state index contributed by atoms with van der Waals surface area (Å²) in [5.74, 6) is -0.247. The fourth-order valence-electron chi connectivity index (χ4n) is 3.05. The first-order chi connectivity index (χ1) is 14.5. The van der Waals surface area contributed by atoms with E-state index in [1.54, 1.807) is 0 Å². The Balaban J connectivity index is 1.85. The molecule has 1 aromatic heterocycles. The number of benzene rings is 2. The van der Waals surface area contributed by atoms with Gasteiger partial charge in [-0.2, -0.15) is 8.78 Å². The monoisotopic (exact) mass is 419 g/mol. The van der Waals surface area contributed by atoms with Crippen molar-refractivity contribution in [1.82, 2.24) is 9.55 Å². The number of anilines is 1. The van der Waals surface area contributed by atoms with E-state index >= 15 is 0 Å². The van der Waals surface area contributed by atoms with Crippen LogP contribution in [0.15, 0.2) is 42.5 Å². The topological polar surface area (TPSA) is 74.6 Å². The van der Waals surface area contributed by atoms with Gasteiger partial charge in [-0.1, -0.05) is 12.1 Å². The Kier molecular flexibility index (Phi) is 7.18. The molecule has 0 radical (unpaired) electrons. The second-order valence-corrected chi connectivity index (χ2v) is 6.32. The number of rotatable bonds is 10. The van der Waals surface area contributed by atoms with Gasteiger partial charge >= 0.3 is 6.61 Å². The Morgan fingerprint density at radius 3 is 2.73 bits per heavy atom. The number of hydrogen-bond acceptors (Lipinski definition) is 5. The lowest BCUT2D eigenvalue weighted by Crippen LogP contribution is -2.17. The number of imidazole rings is 1. The summed E-state index contributed by atoms with van der Waals surface area (Å²) < 4.78 is 42.1. The van der Waals surface area contributed by atoms with Crippen molar-refractivity contribution in [2.45, 2.75) is 26.5 Å². The van der Waals surface area contributed by atoms with Gasteiger partial charge in [0.05, 0.1) is 18.1 Å². The molecule has 1 N–H and O–H groups in total. The zero-order valence-corrected chi connectivity index (χ0v) is 16.7. The minimum atomic E-state index is -3.04. The molecule has 3 aromatic rings. The van der Waals surface area contributed by atoms with Crippen LogP contribution in [-0.4, -0.2) is 42.4 Å². The number of ether oxygens (including phenoxy) is 3. The van der Waals surface area contributed by atoms with Crippen molar-refractivity contribution >= 4 is 22.9 Å². The lowest BCUT2D eigenvalue weighted by Gasteiger charge is -2.13. The van der Waals surface area contributed by atoms with Crippen molar-refractivity contribution < 1.29 is 27.8 Å². The second kappa shape index (κ2) is 10.0. The molecular formula is C21H23F2N3O4. The SMILES string of the molecule is CCOCCCn1c(NC(=O)c2ccc(OC)c(OC(F)F)c2)nc2ccccc21. The number of alkyl halides is 2. The number of aromatic nitrogens is 2. The van der Waals surface area contributed by atoms with E-state index in [1.807, 2.05) is 35.8 Å². The summed E-state index contributed by atoms with van der Waals surface area (Å²) in [4.78, 5) is 17.3. The third-order valence-electron chi connectivity index (χ3n) is 4.40. The number of aryl methyl sites for hydroxylation is 1. The second-order valence-electron chi connectivity index (χ2n) is 6.32. The van der Waals surface area contributed by atoms with Gasteiger partial charge in [0, 0.05) is 25.3 Å². The molecular weight excluding hydrogens is 396 g/mol. The average molecular weight is 419 g/mol. The van der Waals surface area contributed by atoms with Crippen LogP contribution < -0.4 is 14.8 Å². The fourth-order valence-corrected chi connectivity index (χ4v) is 3.05. The highest BCUT2D eigenvalue weighted by Gasteiger charge is 2.17. The van der Waals surface area contributed by atoms with Crippen LogP contribution in [0.25, 0.3) is 11.0 Å². The first kappa shape index (κ1) is 21.5. The van der Waals surface area contributed by atoms with Crippen molar-refractivity contribution in [2.75, 3.05) is 25.6 Å². The molecule has 30 heavy (non-hydrogen) atoms. The van der Waals surface area contributed by atoms with Gasteiger partial charge in [0.25, 0.3) is 5.91 Å². The maximum absolute atomic E-state index is 12.8. The van der Waals surface area contributed by atoms with Gasteiger partial charge in [0.1, 0.15) is 0 Å². The Morgan fingerprint density at radius 1 is 1.20 bits per heavy atom. The highest BCUT2D eigenvalue weighted by Crippen LogP contribution is 2.30. The van der Waals surface area contributed by atoms with Crippen LogP contribution >= 0.6 is 0 Å². The maximum atomic E-state index is 12.8. The van der Waals surface area contributed by atoms with E-state index in [4.69, 9.17) is 9.47 Å².